The molecule has 2 N–H and O–H groups in total. The number of carboxylic acid groups (broad SMARTS) is 1. The van der Waals surface area contributed by atoms with Gasteiger partial charge in [-0.15, -0.1) is 0 Å². The third kappa shape index (κ3) is 3.70. The van der Waals surface area contributed by atoms with Crippen LogP contribution < -0.4 is 5.32 Å². The van der Waals surface area contributed by atoms with Crippen molar-refractivity contribution in [2.75, 3.05) is 19.0 Å². The molecule has 0 aliphatic carbocycles. The number of methoxy groups -OCH3 is 1. The van der Waals surface area contributed by atoms with Gasteiger partial charge in [0.1, 0.15) is 0 Å². The average Bonchev–Trinajstić information content (AvgIpc) is 2.26. The summed E-state index contributed by atoms with van der Waals surface area (Å²) in [5, 5.41) is 11.3. The number of ether oxygens (including phenoxy) is 1. The number of carboxylic acids is 1. The minimum absolute atomic E-state index is 0.143. The summed E-state index contributed by atoms with van der Waals surface area (Å²) in [6.07, 6.45) is 0.244. The van der Waals surface area contributed by atoms with Crippen LogP contribution in [0.2, 0.25) is 0 Å². The molecule has 0 heterocycles. The number of amides is 1. The van der Waals surface area contributed by atoms with Gasteiger partial charge in [-0.1, -0.05) is 6.07 Å². The highest BCUT2D eigenvalue weighted by Crippen LogP contribution is 2.10. The molecule has 16 heavy (non-hydrogen) atoms. The van der Waals surface area contributed by atoms with Crippen molar-refractivity contribution in [1.82, 2.24) is 0 Å². The Labute approximate surface area is 93.0 Å². The second-order valence-electron chi connectivity index (χ2n) is 3.18. The van der Waals surface area contributed by atoms with Crippen molar-refractivity contribution in [3.63, 3.8) is 0 Å². The van der Waals surface area contributed by atoms with E-state index in [0.29, 0.717) is 12.3 Å². The van der Waals surface area contributed by atoms with E-state index in [0.717, 1.165) is 0 Å². The number of aromatic carboxylic acids is 1. The Hall–Kier alpha value is -1.88. The normalized spacial score (nSPS) is 9.81. The van der Waals surface area contributed by atoms with Gasteiger partial charge in [0.2, 0.25) is 5.91 Å². The van der Waals surface area contributed by atoms with Gasteiger partial charge in [0.25, 0.3) is 0 Å². The van der Waals surface area contributed by atoms with Gasteiger partial charge in [-0.25, -0.2) is 4.79 Å². The van der Waals surface area contributed by atoms with Crippen LogP contribution in [0.25, 0.3) is 0 Å². The highest BCUT2D eigenvalue weighted by molar-refractivity contribution is 5.93. The summed E-state index contributed by atoms with van der Waals surface area (Å²) in [4.78, 5) is 22.0. The molecule has 0 bridgehead atoms. The average molecular weight is 223 g/mol. The standard InChI is InChI=1S/C11H13NO4/c1-16-6-5-10(13)12-9-4-2-3-8(7-9)11(14)15/h2-4,7H,5-6H2,1H3,(H,12,13)(H,14,15). The highest BCUT2D eigenvalue weighted by atomic mass is 16.5. The number of hydrogen-bond acceptors (Lipinski definition) is 3. The molecule has 1 amide bonds. The van der Waals surface area contributed by atoms with Crippen LogP contribution in [0.1, 0.15) is 16.8 Å². The molecule has 1 aromatic carbocycles. The Morgan fingerprint density at radius 3 is 2.81 bits per heavy atom. The lowest BCUT2D eigenvalue weighted by molar-refractivity contribution is -0.117. The second-order valence-corrected chi connectivity index (χ2v) is 3.18. The van der Waals surface area contributed by atoms with Crippen molar-refractivity contribution >= 4 is 17.6 Å². The molecule has 0 radical (unpaired) electrons. The summed E-state index contributed by atoms with van der Waals surface area (Å²) in [5.41, 5.74) is 0.616. The maximum absolute atomic E-state index is 11.3. The molecular weight excluding hydrogens is 210 g/mol. The number of anilines is 1. The molecule has 5 heteroatoms. The number of nitrogens with one attached hydrogen (secondary N) is 1. The van der Waals surface area contributed by atoms with Crippen molar-refractivity contribution < 1.29 is 19.4 Å². The molecule has 0 aromatic heterocycles. The Morgan fingerprint density at radius 2 is 2.19 bits per heavy atom. The molecular formula is C11H13NO4. The van der Waals surface area contributed by atoms with Gasteiger partial charge in [0.15, 0.2) is 0 Å². The lowest BCUT2D eigenvalue weighted by Gasteiger charge is -2.05. The van der Waals surface area contributed by atoms with Crippen LogP contribution in [0.3, 0.4) is 0 Å². The lowest BCUT2D eigenvalue weighted by atomic mass is 10.2. The van der Waals surface area contributed by atoms with Crippen LogP contribution >= 0.6 is 0 Å². The number of carbonyl (C=O) groups excluding carboxylic acids is 1. The van der Waals surface area contributed by atoms with Gasteiger partial charge in [-0.05, 0) is 18.2 Å². The van der Waals surface area contributed by atoms with Crippen molar-refractivity contribution in [3.8, 4) is 0 Å². The highest BCUT2D eigenvalue weighted by Gasteiger charge is 2.05. The van der Waals surface area contributed by atoms with Gasteiger partial charge in [0, 0.05) is 12.8 Å². The zero-order chi connectivity index (χ0) is 12.0. The summed E-state index contributed by atoms with van der Waals surface area (Å²) in [6.45, 7) is 0.338. The molecule has 1 rings (SSSR count). The van der Waals surface area contributed by atoms with Gasteiger partial charge in [-0.2, -0.15) is 0 Å². The first-order chi connectivity index (χ1) is 7.63. The summed E-state index contributed by atoms with van der Waals surface area (Å²) in [6, 6.07) is 6.09. The van der Waals surface area contributed by atoms with Gasteiger partial charge in [0.05, 0.1) is 18.6 Å². The van der Waals surface area contributed by atoms with E-state index in [1.165, 1.54) is 19.2 Å². The third-order valence-electron chi connectivity index (χ3n) is 1.93. The minimum atomic E-state index is -1.02. The Balaban J connectivity index is 2.63. The van der Waals surface area contributed by atoms with Gasteiger partial charge >= 0.3 is 5.97 Å². The van der Waals surface area contributed by atoms with Crippen LogP contribution in [0, 0.1) is 0 Å². The Kier molecular flexibility index (Phi) is 4.47. The van der Waals surface area contributed by atoms with Crippen LogP contribution in [-0.2, 0) is 9.53 Å². The molecule has 0 spiro atoms. The van der Waals surface area contributed by atoms with E-state index >= 15 is 0 Å². The predicted molar refractivity (Wildman–Crippen MR) is 58.5 cm³/mol. The Bertz CT molecular complexity index is 389. The molecule has 0 unspecified atom stereocenters. The van der Waals surface area contributed by atoms with Crippen molar-refractivity contribution in [2.45, 2.75) is 6.42 Å². The molecule has 1 aromatic rings. The van der Waals surface area contributed by atoms with E-state index in [4.69, 9.17) is 9.84 Å². The summed E-state index contributed by atoms with van der Waals surface area (Å²) < 4.78 is 4.76. The fraction of sp³-hybridized carbons (Fsp3) is 0.273. The molecule has 0 aliphatic heterocycles. The van der Waals surface area contributed by atoms with E-state index in [1.54, 1.807) is 12.1 Å². The first-order valence-electron chi connectivity index (χ1n) is 4.75. The van der Waals surface area contributed by atoms with Crippen molar-refractivity contribution in [2.24, 2.45) is 0 Å². The van der Waals surface area contributed by atoms with E-state index in [2.05, 4.69) is 5.32 Å². The monoisotopic (exact) mass is 223 g/mol. The van der Waals surface area contributed by atoms with Gasteiger partial charge in [-0.3, -0.25) is 4.79 Å². The zero-order valence-electron chi connectivity index (χ0n) is 8.90. The number of benzene rings is 1. The molecule has 5 nitrogen and oxygen atoms in total. The fourth-order valence-corrected chi connectivity index (χ4v) is 1.15. The van der Waals surface area contributed by atoms with Crippen molar-refractivity contribution in [1.29, 1.82) is 0 Å². The molecule has 0 atom stereocenters. The maximum atomic E-state index is 11.3. The van der Waals surface area contributed by atoms with Crippen LogP contribution in [0.5, 0.6) is 0 Å². The van der Waals surface area contributed by atoms with E-state index in [-0.39, 0.29) is 17.9 Å². The molecule has 0 aliphatic rings. The summed E-state index contributed by atoms with van der Waals surface area (Å²) in [7, 11) is 1.51. The number of hydrogen-bond donors (Lipinski definition) is 2. The van der Waals surface area contributed by atoms with Crippen LogP contribution in [0.15, 0.2) is 24.3 Å². The molecule has 0 saturated carbocycles. The summed E-state index contributed by atoms with van der Waals surface area (Å²) in [5.74, 6) is -1.22. The van der Waals surface area contributed by atoms with Crippen molar-refractivity contribution in [3.05, 3.63) is 29.8 Å². The van der Waals surface area contributed by atoms with Crippen LogP contribution in [0.4, 0.5) is 5.69 Å². The molecule has 0 fully saturated rings. The topological polar surface area (TPSA) is 75.6 Å². The fourth-order valence-electron chi connectivity index (χ4n) is 1.15. The smallest absolute Gasteiger partial charge is 0.335 e. The summed E-state index contributed by atoms with van der Waals surface area (Å²) >= 11 is 0. The lowest BCUT2D eigenvalue weighted by Crippen LogP contribution is -2.13. The number of carbonyl (C=O) groups is 2. The second kappa shape index (κ2) is 5.87. The quantitative estimate of drug-likeness (QED) is 0.790. The maximum Gasteiger partial charge on any atom is 0.335 e. The predicted octanol–water partition coefficient (Wildman–Crippen LogP) is 1.36. The number of rotatable bonds is 5. The van der Waals surface area contributed by atoms with Crippen LogP contribution in [-0.4, -0.2) is 30.7 Å². The SMILES string of the molecule is COCCC(=O)Nc1cccc(C(=O)O)c1. The van der Waals surface area contributed by atoms with E-state index in [9.17, 15) is 9.59 Å². The first kappa shape index (κ1) is 12.2. The minimum Gasteiger partial charge on any atom is -0.478 e. The van der Waals surface area contributed by atoms with E-state index < -0.39 is 5.97 Å². The zero-order valence-corrected chi connectivity index (χ0v) is 8.90. The molecule has 86 valence electrons. The third-order valence-corrected chi connectivity index (χ3v) is 1.93. The Morgan fingerprint density at radius 1 is 1.44 bits per heavy atom. The van der Waals surface area contributed by atoms with E-state index in [1.807, 2.05) is 0 Å². The largest absolute Gasteiger partial charge is 0.478 e. The first-order valence-corrected chi connectivity index (χ1v) is 4.75. The van der Waals surface area contributed by atoms with Gasteiger partial charge < -0.3 is 15.2 Å². The molecule has 0 saturated heterocycles.